The molecule has 0 saturated carbocycles. The monoisotopic (exact) mass is 215 g/mol. The first-order chi connectivity index (χ1) is 7.70. The number of aryl methyl sites for hydroxylation is 1. The number of hydrogen-bond donors (Lipinski definition) is 0. The molecule has 0 fully saturated rings. The van der Waals surface area contributed by atoms with Crippen LogP contribution in [0.3, 0.4) is 0 Å². The normalized spacial score (nSPS) is 8.81. The largest absolute Gasteiger partial charge is 0.269 e. The summed E-state index contributed by atoms with van der Waals surface area (Å²) in [6.45, 7) is 1.83. The van der Waals surface area contributed by atoms with Gasteiger partial charge >= 0.3 is 0 Å². The Kier molecular flexibility index (Phi) is 4.73. The molecule has 0 bridgehead atoms. The first-order valence-electron chi connectivity index (χ1n) is 4.91. The SMILES string of the molecule is Cc1cccc([N+](=O)[O-])c1.c1ccccc1. The predicted molar refractivity (Wildman–Crippen MR) is 64.3 cm³/mol. The van der Waals surface area contributed by atoms with Gasteiger partial charge in [0.05, 0.1) is 4.92 Å². The van der Waals surface area contributed by atoms with E-state index in [-0.39, 0.29) is 5.69 Å². The Morgan fingerprint density at radius 1 is 0.938 bits per heavy atom. The molecule has 0 unspecified atom stereocenters. The van der Waals surface area contributed by atoms with Gasteiger partial charge in [-0.3, -0.25) is 10.1 Å². The number of benzene rings is 2. The third-order valence-electron chi connectivity index (χ3n) is 1.88. The van der Waals surface area contributed by atoms with Gasteiger partial charge in [-0.2, -0.15) is 0 Å². The molecular weight excluding hydrogens is 202 g/mol. The summed E-state index contributed by atoms with van der Waals surface area (Å²) in [6.07, 6.45) is 0. The van der Waals surface area contributed by atoms with Crippen molar-refractivity contribution in [1.29, 1.82) is 0 Å². The fourth-order valence-electron chi connectivity index (χ4n) is 1.13. The van der Waals surface area contributed by atoms with E-state index in [2.05, 4.69) is 0 Å². The van der Waals surface area contributed by atoms with Crippen molar-refractivity contribution < 1.29 is 4.92 Å². The average molecular weight is 215 g/mol. The maximum absolute atomic E-state index is 10.2. The van der Waals surface area contributed by atoms with Gasteiger partial charge in [-0.15, -0.1) is 0 Å². The third-order valence-corrected chi connectivity index (χ3v) is 1.88. The Bertz CT molecular complexity index is 414. The van der Waals surface area contributed by atoms with Gasteiger partial charge in [0, 0.05) is 12.1 Å². The molecule has 82 valence electrons. The Morgan fingerprint density at radius 2 is 1.44 bits per heavy atom. The van der Waals surface area contributed by atoms with Crippen LogP contribution in [0, 0.1) is 17.0 Å². The predicted octanol–water partition coefficient (Wildman–Crippen LogP) is 3.59. The molecule has 0 amide bonds. The molecule has 0 spiro atoms. The maximum Gasteiger partial charge on any atom is 0.269 e. The maximum atomic E-state index is 10.2. The highest BCUT2D eigenvalue weighted by Crippen LogP contribution is 2.11. The second-order valence-electron chi connectivity index (χ2n) is 3.25. The van der Waals surface area contributed by atoms with Crippen molar-refractivity contribution in [2.24, 2.45) is 0 Å². The smallest absolute Gasteiger partial charge is 0.258 e. The van der Waals surface area contributed by atoms with Gasteiger partial charge in [0.1, 0.15) is 0 Å². The zero-order valence-electron chi connectivity index (χ0n) is 9.04. The third kappa shape index (κ3) is 4.37. The van der Waals surface area contributed by atoms with Crippen molar-refractivity contribution in [3.63, 3.8) is 0 Å². The van der Waals surface area contributed by atoms with Gasteiger partial charge in [0.2, 0.25) is 0 Å². The number of hydrogen-bond acceptors (Lipinski definition) is 2. The molecule has 0 saturated heterocycles. The van der Waals surface area contributed by atoms with Crippen molar-refractivity contribution in [2.45, 2.75) is 6.92 Å². The van der Waals surface area contributed by atoms with Gasteiger partial charge in [0.15, 0.2) is 0 Å². The fourth-order valence-corrected chi connectivity index (χ4v) is 1.13. The molecule has 0 atom stereocenters. The van der Waals surface area contributed by atoms with Gasteiger partial charge in [-0.05, 0) is 12.5 Å². The lowest BCUT2D eigenvalue weighted by atomic mass is 10.2. The Labute approximate surface area is 94.5 Å². The first-order valence-corrected chi connectivity index (χ1v) is 4.91. The molecule has 3 heteroatoms. The second-order valence-corrected chi connectivity index (χ2v) is 3.25. The van der Waals surface area contributed by atoms with E-state index >= 15 is 0 Å². The Hall–Kier alpha value is -2.16. The summed E-state index contributed by atoms with van der Waals surface area (Å²) in [5.41, 5.74) is 1.06. The highest BCUT2D eigenvalue weighted by Gasteiger charge is 2.01. The molecule has 2 aromatic rings. The van der Waals surface area contributed by atoms with Crippen molar-refractivity contribution in [3.05, 3.63) is 76.3 Å². The summed E-state index contributed by atoms with van der Waals surface area (Å²) in [7, 11) is 0. The minimum absolute atomic E-state index is 0.153. The van der Waals surface area contributed by atoms with Crippen LogP contribution >= 0.6 is 0 Å². The van der Waals surface area contributed by atoms with Crippen molar-refractivity contribution in [2.75, 3.05) is 0 Å². The van der Waals surface area contributed by atoms with E-state index in [0.717, 1.165) is 5.56 Å². The van der Waals surface area contributed by atoms with Crippen LogP contribution < -0.4 is 0 Å². The zero-order valence-corrected chi connectivity index (χ0v) is 9.04. The lowest BCUT2D eigenvalue weighted by Gasteiger charge is -1.90. The summed E-state index contributed by atoms with van der Waals surface area (Å²) in [5.74, 6) is 0. The molecule has 0 heterocycles. The molecule has 2 rings (SSSR count). The van der Waals surface area contributed by atoms with E-state index in [0.29, 0.717) is 0 Å². The molecule has 0 N–H and O–H groups in total. The molecule has 2 aromatic carbocycles. The van der Waals surface area contributed by atoms with E-state index in [4.69, 9.17) is 0 Å². The van der Waals surface area contributed by atoms with Crippen molar-refractivity contribution >= 4 is 5.69 Å². The molecule has 0 radical (unpaired) electrons. The Morgan fingerprint density at radius 3 is 1.75 bits per heavy atom. The van der Waals surface area contributed by atoms with Crippen LogP contribution in [-0.2, 0) is 0 Å². The molecule has 0 aliphatic heterocycles. The van der Waals surface area contributed by atoms with Crippen LogP contribution in [0.5, 0.6) is 0 Å². The number of non-ortho nitro benzene ring substituents is 1. The van der Waals surface area contributed by atoms with Gasteiger partial charge < -0.3 is 0 Å². The van der Waals surface area contributed by atoms with Crippen LogP contribution in [-0.4, -0.2) is 4.92 Å². The van der Waals surface area contributed by atoms with Crippen LogP contribution in [0.15, 0.2) is 60.7 Å². The molecule has 0 aromatic heterocycles. The van der Waals surface area contributed by atoms with Gasteiger partial charge in [-0.25, -0.2) is 0 Å². The molecule has 0 aliphatic carbocycles. The molecule has 3 nitrogen and oxygen atoms in total. The standard InChI is InChI=1S/C7H7NO2.C6H6/c1-6-3-2-4-7(5-6)8(9)10;1-2-4-6-5-3-1/h2-5H,1H3;1-6H. The highest BCUT2D eigenvalue weighted by atomic mass is 16.6. The van der Waals surface area contributed by atoms with Crippen LogP contribution in [0.1, 0.15) is 5.56 Å². The van der Waals surface area contributed by atoms with Crippen molar-refractivity contribution in [3.8, 4) is 0 Å². The second kappa shape index (κ2) is 6.35. The van der Waals surface area contributed by atoms with E-state index in [1.165, 1.54) is 6.07 Å². The average Bonchev–Trinajstić information content (AvgIpc) is 2.32. The molecular formula is C13H13NO2. The van der Waals surface area contributed by atoms with E-state index in [1.54, 1.807) is 12.1 Å². The number of rotatable bonds is 1. The number of nitro benzene ring substituents is 1. The van der Waals surface area contributed by atoms with Crippen LogP contribution in [0.2, 0.25) is 0 Å². The minimum atomic E-state index is -0.396. The summed E-state index contributed by atoms with van der Waals surface area (Å²) in [4.78, 5) is 9.76. The molecule has 0 aliphatic rings. The summed E-state index contributed by atoms with van der Waals surface area (Å²) < 4.78 is 0. The fraction of sp³-hybridized carbons (Fsp3) is 0.0769. The van der Waals surface area contributed by atoms with Gasteiger partial charge in [0.25, 0.3) is 5.69 Å². The first kappa shape index (κ1) is 11.9. The Balaban J connectivity index is 0.000000181. The van der Waals surface area contributed by atoms with Crippen LogP contribution in [0.4, 0.5) is 5.69 Å². The van der Waals surface area contributed by atoms with E-state index in [9.17, 15) is 10.1 Å². The summed E-state index contributed by atoms with van der Waals surface area (Å²) in [6, 6.07) is 18.5. The number of nitrogens with zero attached hydrogens (tertiary/aromatic N) is 1. The zero-order chi connectivity index (χ0) is 11.8. The van der Waals surface area contributed by atoms with E-state index < -0.39 is 4.92 Å². The van der Waals surface area contributed by atoms with E-state index in [1.807, 2.05) is 49.4 Å². The van der Waals surface area contributed by atoms with Crippen molar-refractivity contribution in [1.82, 2.24) is 0 Å². The summed E-state index contributed by atoms with van der Waals surface area (Å²) >= 11 is 0. The quantitative estimate of drug-likeness (QED) is 0.539. The highest BCUT2D eigenvalue weighted by molar-refractivity contribution is 5.33. The minimum Gasteiger partial charge on any atom is -0.258 e. The van der Waals surface area contributed by atoms with Gasteiger partial charge in [-0.1, -0.05) is 48.5 Å². The lowest BCUT2D eigenvalue weighted by Crippen LogP contribution is -1.86. The summed E-state index contributed by atoms with van der Waals surface area (Å²) in [5, 5.41) is 10.2. The lowest BCUT2D eigenvalue weighted by molar-refractivity contribution is -0.384. The molecule has 16 heavy (non-hydrogen) atoms. The number of nitro groups is 1. The van der Waals surface area contributed by atoms with Crippen LogP contribution in [0.25, 0.3) is 0 Å². The topological polar surface area (TPSA) is 43.1 Å².